The minimum absolute atomic E-state index is 0.00898. The molecule has 3 aliphatic rings. The van der Waals surface area contributed by atoms with Crippen molar-refractivity contribution in [2.75, 3.05) is 37.6 Å². The minimum atomic E-state index is -1.78. The van der Waals surface area contributed by atoms with Crippen molar-refractivity contribution in [3.63, 3.8) is 0 Å². The molecule has 4 atom stereocenters. The minimum Gasteiger partial charge on any atom is -0.492 e. The highest BCUT2D eigenvalue weighted by Crippen LogP contribution is 2.55. The van der Waals surface area contributed by atoms with Gasteiger partial charge in [-0.15, -0.1) is 0 Å². The highest BCUT2D eigenvalue weighted by molar-refractivity contribution is 7.86. The number of aliphatic hydroxyl groups is 1. The second-order valence-corrected chi connectivity index (χ2v) is 10.3. The molecule has 2 aromatic carbocycles. The molecule has 2 fully saturated rings. The van der Waals surface area contributed by atoms with Gasteiger partial charge in [0.2, 0.25) is 0 Å². The van der Waals surface area contributed by atoms with Crippen molar-refractivity contribution in [3.05, 3.63) is 52.8 Å². The Kier molecular flexibility index (Phi) is 6.11. The van der Waals surface area contributed by atoms with Crippen LogP contribution in [0, 0.1) is 17.7 Å². The van der Waals surface area contributed by atoms with Gasteiger partial charge in [-0.2, -0.15) is 0 Å². The Morgan fingerprint density at radius 2 is 2.15 bits per heavy atom. The van der Waals surface area contributed by atoms with E-state index in [1.165, 1.54) is 18.2 Å². The Morgan fingerprint density at radius 3 is 2.94 bits per heavy atom. The lowest BCUT2D eigenvalue weighted by Crippen LogP contribution is -2.24. The maximum absolute atomic E-state index is 14.1. The van der Waals surface area contributed by atoms with Crippen molar-refractivity contribution >= 4 is 22.6 Å². The van der Waals surface area contributed by atoms with Gasteiger partial charge in [0, 0.05) is 19.0 Å². The number of halogens is 1. The van der Waals surface area contributed by atoms with E-state index in [9.17, 15) is 18.5 Å². The molecular formula is C24H27FN2O5S. The maximum Gasteiger partial charge on any atom is 0.341 e. The summed E-state index contributed by atoms with van der Waals surface area (Å²) in [7, 11) is -1.78. The third kappa shape index (κ3) is 4.49. The second kappa shape index (κ2) is 9.04. The van der Waals surface area contributed by atoms with Gasteiger partial charge in [-0.05, 0) is 73.0 Å². The summed E-state index contributed by atoms with van der Waals surface area (Å²) in [5.41, 5.74) is 1.76. The lowest BCUT2D eigenvalue weighted by atomic mass is 9.98. The normalized spacial score (nSPS) is 24.5. The summed E-state index contributed by atoms with van der Waals surface area (Å²) < 4.78 is 36.0. The number of likely N-dealkylation sites (tertiary alicyclic amines) is 1. The number of anilines is 1. The quantitative estimate of drug-likeness (QED) is 0.544. The van der Waals surface area contributed by atoms with Gasteiger partial charge >= 0.3 is 5.97 Å². The molecular weight excluding hydrogens is 447 g/mol. The number of nitrogens with zero attached hydrogens (tertiary/aromatic N) is 1. The van der Waals surface area contributed by atoms with Gasteiger partial charge < -0.3 is 24.6 Å². The zero-order chi connectivity index (χ0) is 23.1. The molecule has 0 radical (unpaired) electrons. The predicted octanol–water partition coefficient (Wildman–Crippen LogP) is 3.01. The van der Waals surface area contributed by atoms with Crippen LogP contribution in [0.5, 0.6) is 5.75 Å². The molecule has 1 saturated carbocycles. The van der Waals surface area contributed by atoms with E-state index >= 15 is 0 Å². The van der Waals surface area contributed by atoms with Crippen molar-refractivity contribution in [1.29, 1.82) is 0 Å². The number of carboxylic acid groups (broad SMARTS) is 1. The fraction of sp³-hybridized carbons (Fsp3) is 0.458. The van der Waals surface area contributed by atoms with Crippen LogP contribution in [0.25, 0.3) is 0 Å². The Hall–Kier alpha value is -2.49. The van der Waals surface area contributed by atoms with Gasteiger partial charge in [0.05, 0.1) is 23.8 Å². The molecule has 0 spiro atoms. The van der Waals surface area contributed by atoms with Crippen LogP contribution in [0.3, 0.4) is 0 Å². The first-order valence-corrected chi connectivity index (χ1v) is 12.4. The standard InChI is InChI=1S/C24H27FN2O5S/c25-17-1-4-21(15(10-17)9-14-5-6-27(12-14)7-8-28)33(31)26-20-3-2-18-19-11-16(19)13-32-23(18)22(20)24(29)30/h1-4,10,14,16,19,26,28H,5-9,11-13H2,(H,29,30). The molecule has 2 aliphatic heterocycles. The van der Waals surface area contributed by atoms with E-state index in [2.05, 4.69) is 9.62 Å². The van der Waals surface area contributed by atoms with Crippen molar-refractivity contribution in [2.24, 2.45) is 11.8 Å². The molecule has 33 heavy (non-hydrogen) atoms. The molecule has 1 aliphatic carbocycles. The Bertz CT molecular complexity index is 1110. The molecule has 4 unspecified atom stereocenters. The van der Waals surface area contributed by atoms with Crippen LogP contribution in [0.2, 0.25) is 0 Å². The summed E-state index contributed by atoms with van der Waals surface area (Å²) in [6.45, 7) is 2.88. The number of nitrogens with one attached hydrogen (secondary N) is 1. The lowest BCUT2D eigenvalue weighted by Gasteiger charge is -2.21. The lowest BCUT2D eigenvalue weighted by molar-refractivity contribution is 0.0692. The number of rotatable bonds is 8. The Labute approximate surface area is 194 Å². The molecule has 0 amide bonds. The number of β-amino-alcohol motifs (C(OH)–C–C–N with tert-alkyl or cyclic N) is 1. The molecule has 0 aromatic heterocycles. The Balaban J connectivity index is 1.39. The number of ether oxygens (including phenoxy) is 1. The largest absolute Gasteiger partial charge is 0.492 e. The summed E-state index contributed by atoms with van der Waals surface area (Å²) in [4.78, 5) is 14.7. The number of hydrogen-bond acceptors (Lipinski definition) is 5. The summed E-state index contributed by atoms with van der Waals surface area (Å²) in [6, 6.07) is 7.68. The van der Waals surface area contributed by atoms with Gasteiger partial charge in [-0.25, -0.2) is 13.4 Å². The topological polar surface area (TPSA) is 99.1 Å². The van der Waals surface area contributed by atoms with Gasteiger partial charge in [0.1, 0.15) is 17.1 Å². The average Bonchev–Trinajstić information content (AvgIpc) is 3.45. The highest BCUT2D eigenvalue weighted by Gasteiger charge is 2.45. The average molecular weight is 475 g/mol. The van der Waals surface area contributed by atoms with E-state index in [1.54, 1.807) is 6.07 Å². The number of hydrogen-bond donors (Lipinski definition) is 3. The number of aromatic carboxylic acids is 1. The van der Waals surface area contributed by atoms with Crippen LogP contribution in [0.15, 0.2) is 35.2 Å². The third-order valence-electron chi connectivity index (χ3n) is 6.89. The van der Waals surface area contributed by atoms with E-state index < -0.39 is 22.8 Å². The van der Waals surface area contributed by atoms with E-state index in [1.807, 2.05) is 6.07 Å². The van der Waals surface area contributed by atoms with Crippen LogP contribution in [0.4, 0.5) is 10.1 Å². The molecule has 9 heteroatoms. The van der Waals surface area contributed by atoms with Crippen molar-refractivity contribution in [1.82, 2.24) is 4.90 Å². The summed E-state index contributed by atoms with van der Waals surface area (Å²) in [6.07, 6.45) is 2.48. The molecule has 0 bridgehead atoms. The van der Waals surface area contributed by atoms with Crippen LogP contribution in [-0.4, -0.2) is 58.1 Å². The SMILES string of the molecule is O=C(O)c1c(NS(=O)c2ccc(F)cc2CC2CCN(CCO)C2)ccc2c1OCC1CC21. The first kappa shape index (κ1) is 22.3. The number of carboxylic acids is 1. The summed E-state index contributed by atoms with van der Waals surface area (Å²) in [5, 5.41) is 19.0. The summed E-state index contributed by atoms with van der Waals surface area (Å²) in [5.74, 6) is -0.113. The second-order valence-electron chi connectivity index (χ2n) is 9.13. The van der Waals surface area contributed by atoms with Crippen molar-refractivity contribution in [3.8, 4) is 5.75 Å². The van der Waals surface area contributed by atoms with Gasteiger partial charge in [0.25, 0.3) is 0 Å². The number of benzene rings is 2. The molecule has 1 saturated heterocycles. The first-order chi connectivity index (χ1) is 15.9. The number of fused-ring (bicyclic) bond motifs is 3. The van der Waals surface area contributed by atoms with E-state index in [4.69, 9.17) is 9.84 Å². The van der Waals surface area contributed by atoms with E-state index in [-0.39, 0.29) is 23.8 Å². The van der Waals surface area contributed by atoms with Crippen LogP contribution < -0.4 is 9.46 Å². The van der Waals surface area contributed by atoms with Crippen LogP contribution in [-0.2, 0) is 17.4 Å². The van der Waals surface area contributed by atoms with Crippen LogP contribution in [0.1, 0.15) is 40.2 Å². The molecule has 2 aromatic rings. The van der Waals surface area contributed by atoms with Gasteiger partial charge in [-0.1, -0.05) is 6.07 Å². The highest BCUT2D eigenvalue weighted by atomic mass is 32.2. The number of carbonyl (C=O) groups is 1. The van der Waals surface area contributed by atoms with Gasteiger partial charge in [0.15, 0.2) is 11.0 Å². The fourth-order valence-corrected chi connectivity index (χ4v) is 6.18. The van der Waals surface area contributed by atoms with Crippen LogP contribution >= 0.6 is 0 Å². The first-order valence-electron chi connectivity index (χ1n) is 11.3. The van der Waals surface area contributed by atoms with E-state index in [0.717, 1.165) is 31.5 Å². The maximum atomic E-state index is 14.1. The van der Waals surface area contributed by atoms with Gasteiger partial charge in [-0.3, -0.25) is 0 Å². The Morgan fingerprint density at radius 1 is 1.30 bits per heavy atom. The predicted molar refractivity (Wildman–Crippen MR) is 122 cm³/mol. The van der Waals surface area contributed by atoms with Crippen molar-refractivity contribution < 1.29 is 28.3 Å². The fourth-order valence-electron chi connectivity index (χ4n) is 5.12. The monoisotopic (exact) mass is 474 g/mol. The third-order valence-corrected chi connectivity index (χ3v) is 8.09. The number of aliphatic hydroxyl groups excluding tert-OH is 1. The molecule has 2 heterocycles. The molecule has 176 valence electrons. The molecule has 3 N–H and O–H groups in total. The molecule has 5 rings (SSSR count). The summed E-state index contributed by atoms with van der Waals surface area (Å²) >= 11 is 0. The zero-order valence-corrected chi connectivity index (χ0v) is 18.9. The smallest absolute Gasteiger partial charge is 0.341 e. The molecule has 7 nitrogen and oxygen atoms in total. The van der Waals surface area contributed by atoms with E-state index in [0.29, 0.717) is 47.6 Å². The zero-order valence-electron chi connectivity index (χ0n) is 18.1. The van der Waals surface area contributed by atoms with Crippen molar-refractivity contribution in [2.45, 2.75) is 30.1 Å².